The molecular formula is C12H17BrO7. The fourth-order valence-electron chi connectivity index (χ4n) is 1.96. The van der Waals surface area contributed by atoms with E-state index in [-0.39, 0.29) is 0 Å². The summed E-state index contributed by atoms with van der Waals surface area (Å²) in [6.45, 7) is 5.35. The van der Waals surface area contributed by atoms with Crippen molar-refractivity contribution in [2.45, 2.75) is 57.1 Å². The zero-order valence-corrected chi connectivity index (χ0v) is 13.2. The molecule has 1 aliphatic rings. The van der Waals surface area contributed by atoms with Gasteiger partial charge in [0, 0.05) is 20.8 Å². The highest BCUT2D eigenvalue weighted by atomic mass is 79.9. The maximum absolute atomic E-state index is 11.2. The molecule has 0 aliphatic carbocycles. The first-order valence-electron chi connectivity index (χ1n) is 6.03. The van der Waals surface area contributed by atoms with Crippen molar-refractivity contribution in [3.63, 3.8) is 0 Å². The van der Waals surface area contributed by atoms with Crippen molar-refractivity contribution in [3.05, 3.63) is 0 Å². The van der Waals surface area contributed by atoms with Crippen molar-refractivity contribution in [2.24, 2.45) is 0 Å². The van der Waals surface area contributed by atoms with Gasteiger partial charge in [0.05, 0.1) is 6.10 Å². The lowest BCUT2D eigenvalue weighted by Gasteiger charge is -2.41. The van der Waals surface area contributed by atoms with Crippen LogP contribution in [-0.4, -0.2) is 47.3 Å². The van der Waals surface area contributed by atoms with Crippen molar-refractivity contribution >= 4 is 33.8 Å². The van der Waals surface area contributed by atoms with Crippen LogP contribution in [0.5, 0.6) is 0 Å². The van der Waals surface area contributed by atoms with Gasteiger partial charge in [-0.25, -0.2) is 0 Å². The fraction of sp³-hybridized carbons (Fsp3) is 0.750. The second-order valence-corrected chi connectivity index (χ2v) is 5.32. The molecule has 7 nitrogen and oxygen atoms in total. The Hall–Kier alpha value is -1.15. The second-order valence-electron chi connectivity index (χ2n) is 4.41. The molecule has 3 unspecified atom stereocenters. The molecule has 1 heterocycles. The quantitative estimate of drug-likeness (QED) is 0.424. The lowest BCUT2D eigenvalue weighted by atomic mass is 10.00. The SMILES string of the molecule is CC(=O)OC1C(OC(C)=O)[C@H](Br)OC(C)[C@H]1OC(C)=O. The first-order valence-corrected chi connectivity index (χ1v) is 6.95. The molecule has 0 aromatic carbocycles. The third-order valence-electron chi connectivity index (χ3n) is 2.62. The van der Waals surface area contributed by atoms with Gasteiger partial charge in [-0.1, -0.05) is 15.9 Å². The van der Waals surface area contributed by atoms with Crippen molar-refractivity contribution in [1.82, 2.24) is 0 Å². The number of alkyl halides is 1. The summed E-state index contributed by atoms with van der Waals surface area (Å²) in [4.78, 5) is 33.5. The van der Waals surface area contributed by atoms with Gasteiger partial charge in [0.15, 0.2) is 23.3 Å². The van der Waals surface area contributed by atoms with Gasteiger partial charge < -0.3 is 18.9 Å². The van der Waals surface area contributed by atoms with Crippen molar-refractivity contribution in [2.75, 3.05) is 0 Å². The first kappa shape index (κ1) is 16.9. The van der Waals surface area contributed by atoms with Crippen molar-refractivity contribution < 1.29 is 33.3 Å². The summed E-state index contributed by atoms with van der Waals surface area (Å²) in [5, 5.41) is -0.669. The van der Waals surface area contributed by atoms with E-state index in [0.29, 0.717) is 0 Å². The number of hydrogen-bond acceptors (Lipinski definition) is 7. The minimum absolute atomic E-state index is 0.528. The van der Waals surface area contributed by atoms with E-state index in [1.54, 1.807) is 6.92 Å². The summed E-state index contributed by atoms with van der Waals surface area (Å²) in [7, 11) is 0. The Kier molecular flexibility index (Phi) is 5.94. The van der Waals surface area contributed by atoms with Crippen LogP contribution in [-0.2, 0) is 33.3 Å². The highest BCUT2D eigenvalue weighted by Gasteiger charge is 2.49. The topological polar surface area (TPSA) is 88.1 Å². The Morgan fingerprint density at radius 3 is 1.70 bits per heavy atom. The number of halogens is 1. The molecule has 0 amide bonds. The molecule has 0 saturated carbocycles. The average Bonchev–Trinajstić information content (AvgIpc) is 2.27. The predicted molar refractivity (Wildman–Crippen MR) is 69.9 cm³/mol. The number of hydrogen-bond donors (Lipinski definition) is 0. The zero-order chi connectivity index (χ0) is 15.4. The molecule has 114 valence electrons. The molecule has 5 atom stereocenters. The minimum atomic E-state index is -0.937. The van der Waals surface area contributed by atoms with E-state index in [9.17, 15) is 14.4 Å². The molecule has 1 fully saturated rings. The predicted octanol–water partition coefficient (Wildman–Crippen LogP) is 0.921. The Bertz CT molecular complexity index is 369. The first-order chi connectivity index (χ1) is 9.22. The third kappa shape index (κ3) is 4.45. The van der Waals surface area contributed by atoms with Gasteiger partial charge in [0.25, 0.3) is 0 Å². The Morgan fingerprint density at radius 2 is 1.25 bits per heavy atom. The van der Waals surface area contributed by atoms with Gasteiger partial charge in [-0.15, -0.1) is 0 Å². The summed E-state index contributed by atoms with van der Waals surface area (Å²) < 4.78 is 20.9. The van der Waals surface area contributed by atoms with Crippen LogP contribution in [0.2, 0.25) is 0 Å². The number of carbonyl (C=O) groups is 3. The number of ether oxygens (including phenoxy) is 4. The van der Waals surface area contributed by atoms with Crippen LogP contribution in [0.4, 0.5) is 0 Å². The van der Waals surface area contributed by atoms with E-state index in [4.69, 9.17) is 18.9 Å². The highest BCUT2D eigenvalue weighted by Crippen LogP contribution is 2.31. The van der Waals surface area contributed by atoms with Gasteiger partial charge >= 0.3 is 17.9 Å². The summed E-state index contributed by atoms with van der Waals surface area (Å²) in [5.41, 5.74) is 0. The molecule has 1 rings (SSSR count). The number of esters is 3. The molecule has 0 N–H and O–H groups in total. The van der Waals surface area contributed by atoms with E-state index in [0.717, 1.165) is 0 Å². The largest absolute Gasteiger partial charge is 0.456 e. The average molecular weight is 353 g/mol. The third-order valence-corrected chi connectivity index (χ3v) is 3.36. The van der Waals surface area contributed by atoms with Crippen molar-refractivity contribution in [1.29, 1.82) is 0 Å². The monoisotopic (exact) mass is 352 g/mol. The lowest BCUT2D eigenvalue weighted by Crippen LogP contribution is -2.59. The maximum atomic E-state index is 11.2. The second kappa shape index (κ2) is 7.03. The fourth-order valence-corrected chi connectivity index (χ4v) is 2.70. The summed E-state index contributed by atoms with van der Waals surface area (Å²) in [5.74, 6) is -1.67. The molecule has 0 bridgehead atoms. The molecule has 8 heteroatoms. The van der Waals surface area contributed by atoms with Gasteiger partial charge in [-0.2, -0.15) is 0 Å². The molecular weight excluding hydrogens is 336 g/mol. The zero-order valence-electron chi connectivity index (χ0n) is 11.6. The van der Waals surface area contributed by atoms with Gasteiger partial charge in [0.1, 0.15) is 0 Å². The van der Waals surface area contributed by atoms with E-state index in [1.165, 1.54) is 20.8 Å². The van der Waals surface area contributed by atoms with E-state index in [2.05, 4.69) is 15.9 Å². The van der Waals surface area contributed by atoms with E-state index < -0.39 is 47.3 Å². The van der Waals surface area contributed by atoms with Crippen LogP contribution in [0, 0.1) is 0 Å². The van der Waals surface area contributed by atoms with Crippen LogP contribution in [0.1, 0.15) is 27.7 Å². The van der Waals surface area contributed by atoms with Gasteiger partial charge in [0.2, 0.25) is 0 Å². The number of carbonyl (C=O) groups excluding carboxylic acids is 3. The standard InChI is InChI=1S/C12H17BrO7/c1-5-9(18-6(2)14)10(19-7(3)15)11(12(13)17-5)20-8(4)16/h5,9-12H,1-4H3/t5?,9-,10?,11?,12-/m1/s1. The molecule has 1 saturated heterocycles. The van der Waals surface area contributed by atoms with Crippen LogP contribution in [0.25, 0.3) is 0 Å². The lowest BCUT2D eigenvalue weighted by molar-refractivity contribution is -0.227. The molecule has 0 spiro atoms. The minimum Gasteiger partial charge on any atom is -0.456 e. The molecule has 1 aliphatic heterocycles. The smallest absolute Gasteiger partial charge is 0.303 e. The Labute approximate surface area is 125 Å². The van der Waals surface area contributed by atoms with Crippen LogP contribution >= 0.6 is 15.9 Å². The van der Waals surface area contributed by atoms with Crippen molar-refractivity contribution in [3.8, 4) is 0 Å². The normalized spacial score (nSPS) is 33.1. The van der Waals surface area contributed by atoms with Gasteiger partial charge in [-0.05, 0) is 6.92 Å². The summed E-state index contributed by atoms with van der Waals surface area (Å²) in [6.07, 6.45) is -3.22. The van der Waals surface area contributed by atoms with Crippen LogP contribution in [0.3, 0.4) is 0 Å². The molecule has 20 heavy (non-hydrogen) atoms. The van der Waals surface area contributed by atoms with E-state index in [1.807, 2.05) is 0 Å². The molecule has 0 aromatic heterocycles. The highest BCUT2D eigenvalue weighted by molar-refractivity contribution is 9.09. The Balaban J connectivity index is 3.01. The van der Waals surface area contributed by atoms with Crippen LogP contribution in [0.15, 0.2) is 0 Å². The van der Waals surface area contributed by atoms with Gasteiger partial charge in [-0.3, -0.25) is 14.4 Å². The maximum Gasteiger partial charge on any atom is 0.303 e. The van der Waals surface area contributed by atoms with E-state index >= 15 is 0 Å². The Morgan fingerprint density at radius 1 is 0.850 bits per heavy atom. The van der Waals surface area contributed by atoms with Crippen LogP contribution < -0.4 is 0 Å². The number of rotatable bonds is 3. The summed E-state index contributed by atoms with van der Waals surface area (Å²) in [6, 6.07) is 0. The molecule has 0 aromatic rings. The molecule has 0 radical (unpaired) electrons. The summed E-state index contributed by atoms with van der Waals surface area (Å²) >= 11 is 3.22.